The van der Waals surface area contributed by atoms with E-state index in [2.05, 4.69) is 0 Å². The average Bonchev–Trinajstić information content (AvgIpc) is 2.30. The van der Waals surface area contributed by atoms with E-state index in [1.807, 2.05) is 13.8 Å². The van der Waals surface area contributed by atoms with Crippen molar-refractivity contribution in [2.24, 2.45) is 11.3 Å². The molecule has 0 unspecified atom stereocenters. The number of aliphatic hydroxyl groups is 2. The molecule has 0 radical (unpaired) electrons. The minimum atomic E-state index is -0.825. The van der Waals surface area contributed by atoms with Gasteiger partial charge in [0.2, 0.25) is 0 Å². The number of aliphatic hydroxyl groups excluding tert-OH is 2. The Labute approximate surface area is 99.9 Å². The molecule has 1 aromatic rings. The van der Waals surface area contributed by atoms with Crippen LogP contribution in [0.1, 0.15) is 19.4 Å². The molecule has 0 saturated heterocycles. The quantitative estimate of drug-likeness (QED) is 0.833. The molecule has 0 heterocycles. The molecular weight excluding hydrogens is 226 g/mol. The van der Waals surface area contributed by atoms with Crippen molar-refractivity contribution >= 4 is 0 Å². The Morgan fingerprint density at radius 3 is 2.24 bits per heavy atom. The molecule has 0 saturated carbocycles. The van der Waals surface area contributed by atoms with E-state index in [1.54, 1.807) is 0 Å². The molecule has 96 valence electrons. The Morgan fingerprint density at radius 1 is 1.18 bits per heavy atom. The predicted molar refractivity (Wildman–Crippen MR) is 61.5 cm³/mol. The van der Waals surface area contributed by atoms with Gasteiger partial charge < -0.3 is 10.2 Å². The lowest BCUT2D eigenvalue weighted by molar-refractivity contribution is 0.0156. The normalized spacial score (nSPS) is 12.2. The molecule has 0 amide bonds. The maximum Gasteiger partial charge on any atom is 0.126 e. The summed E-state index contributed by atoms with van der Waals surface area (Å²) in [7, 11) is 0. The number of rotatable bonds is 5. The van der Waals surface area contributed by atoms with Gasteiger partial charge in [-0.05, 0) is 36.1 Å². The summed E-state index contributed by atoms with van der Waals surface area (Å²) in [5.41, 5.74) is -0.643. The lowest BCUT2D eigenvalue weighted by atomic mass is 9.74. The van der Waals surface area contributed by atoms with Gasteiger partial charge in [-0.3, -0.25) is 0 Å². The predicted octanol–water partition coefficient (Wildman–Crippen LogP) is 2.13. The largest absolute Gasteiger partial charge is 0.396 e. The first-order valence-electron chi connectivity index (χ1n) is 5.61. The van der Waals surface area contributed by atoms with Gasteiger partial charge in [-0.25, -0.2) is 8.78 Å². The summed E-state index contributed by atoms with van der Waals surface area (Å²) in [5, 5.41) is 18.8. The van der Waals surface area contributed by atoms with Gasteiger partial charge in [0.15, 0.2) is 0 Å². The second kappa shape index (κ2) is 5.56. The molecule has 17 heavy (non-hydrogen) atoms. The summed E-state index contributed by atoms with van der Waals surface area (Å²) >= 11 is 0. The third-order valence-electron chi connectivity index (χ3n) is 3.40. The van der Waals surface area contributed by atoms with E-state index in [0.717, 1.165) is 18.2 Å². The van der Waals surface area contributed by atoms with Crippen molar-refractivity contribution in [3.8, 4) is 0 Å². The van der Waals surface area contributed by atoms with Crippen molar-refractivity contribution in [1.82, 2.24) is 0 Å². The highest BCUT2D eigenvalue weighted by atomic mass is 19.1. The Morgan fingerprint density at radius 2 is 1.76 bits per heavy atom. The average molecular weight is 244 g/mol. The molecule has 0 aliphatic carbocycles. The molecule has 0 fully saturated rings. The third kappa shape index (κ3) is 3.01. The number of benzene rings is 1. The molecule has 2 nitrogen and oxygen atoms in total. The van der Waals surface area contributed by atoms with Gasteiger partial charge in [-0.2, -0.15) is 0 Å². The molecule has 0 aliphatic heterocycles. The molecule has 1 aromatic carbocycles. The number of hydrogen-bond donors (Lipinski definition) is 2. The van der Waals surface area contributed by atoms with E-state index in [9.17, 15) is 19.0 Å². The Balaban J connectivity index is 3.05. The van der Waals surface area contributed by atoms with Gasteiger partial charge in [-0.1, -0.05) is 13.8 Å². The topological polar surface area (TPSA) is 40.5 Å². The summed E-state index contributed by atoms with van der Waals surface area (Å²) < 4.78 is 26.5. The molecule has 2 N–H and O–H groups in total. The fourth-order valence-corrected chi connectivity index (χ4v) is 1.79. The summed E-state index contributed by atoms with van der Waals surface area (Å²) in [6.45, 7) is 3.14. The van der Waals surface area contributed by atoms with Crippen LogP contribution in [-0.2, 0) is 6.42 Å². The Kier molecular flexibility index (Phi) is 4.60. The van der Waals surface area contributed by atoms with Crippen LogP contribution in [-0.4, -0.2) is 23.4 Å². The molecule has 0 atom stereocenters. The molecule has 1 rings (SSSR count). The lowest BCUT2D eigenvalue weighted by Crippen LogP contribution is -2.38. The first-order valence-corrected chi connectivity index (χ1v) is 5.61. The van der Waals surface area contributed by atoms with Crippen LogP contribution in [0.4, 0.5) is 8.78 Å². The summed E-state index contributed by atoms with van der Waals surface area (Å²) in [6, 6.07) is 3.22. The maximum atomic E-state index is 13.5. The molecule has 0 bridgehead atoms. The Hall–Kier alpha value is -1.00. The summed E-state index contributed by atoms with van der Waals surface area (Å²) in [6.07, 6.45) is 0.112. The van der Waals surface area contributed by atoms with Crippen molar-refractivity contribution < 1.29 is 19.0 Å². The molecule has 0 spiro atoms. The highest BCUT2D eigenvalue weighted by molar-refractivity contribution is 5.20. The first-order chi connectivity index (χ1) is 7.95. The molecule has 0 aliphatic rings. The second-order valence-electron chi connectivity index (χ2n) is 4.75. The van der Waals surface area contributed by atoms with E-state index < -0.39 is 17.0 Å². The van der Waals surface area contributed by atoms with E-state index >= 15 is 0 Å². The van der Waals surface area contributed by atoms with Gasteiger partial charge >= 0.3 is 0 Å². The van der Waals surface area contributed by atoms with Gasteiger partial charge in [0.25, 0.3) is 0 Å². The lowest BCUT2D eigenvalue weighted by Gasteiger charge is -2.34. The summed E-state index contributed by atoms with van der Waals surface area (Å²) in [4.78, 5) is 0. The minimum absolute atomic E-state index is 0.0415. The molecule has 0 aromatic heterocycles. The molecule has 4 heteroatoms. The van der Waals surface area contributed by atoms with Crippen molar-refractivity contribution in [2.75, 3.05) is 13.2 Å². The Bertz CT molecular complexity index is 374. The fraction of sp³-hybridized carbons (Fsp3) is 0.538. The van der Waals surface area contributed by atoms with Crippen molar-refractivity contribution in [2.45, 2.75) is 20.3 Å². The van der Waals surface area contributed by atoms with E-state index in [1.165, 1.54) is 0 Å². The maximum absolute atomic E-state index is 13.5. The standard InChI is InChI=1S/C13H18F2O2/c1-9(2)13(7-16,8-17)6-10-5-11(14)3-4-12(10)15/h3-5,9,16-17H,6-8H2,1-2H3. The van der Waals surface area contributed by atoms with Gasteiger partial charge in [0.05, 0.1) is 13.2 Å². The van der Waals surface area contributed by atoms with Crippen LogP contribution >= 0.6 is 0 Å². The van der Waals surface area contributed by atoms with Crippen molar-refractivity contribution in [3.05, 3.63) is 35.4 Å². The van der Waals surface area contributed by atoms with Gasteiger partial charge in [0, 0.05) is 5.41 Å². The highest BCUT2D eigenvalue weighted by Crippen LogP contribution is 2.32. The number of halogens is 2. The van der Waals surface area contributed by atoms with Crippen LogP contribution in [0.25, 0.3) is 0 Å². The van der Waals surface area contributed by atoms with Gasteiger partial charge in [-0.15, -0.1) is 0 Å². The minimum Gasteiger partial charge on any atom is -0.396 e. The monoisotopic (exact) mass is 244 g/mol. The summed E-state index contributed by atoms with van der Waals surface area (Å²) in [5.74, 6) is -1.08. The van der Waals surface area contributed by atoms with Crippen LogP contribution in [0.3, 0.4) is 0 Å². The van der Waals surface area contributed by atoms with Crippen LogP contribution in [0.5, 0.6) is 0 Å². The highest BCUT2D eigenvalue weighted by Gasteiger charge is 2.33. The van der Waals surface area contributed by atoms with Crippen LogP contribution in [0, 0.1) is 23.0 Å². The van der Waals surface area contributed by atoms with Crippen LogP contribution in [0.15, 0.2) is 18.2 Å². The fourth-order valence-electron chi connectivity index (χ4n) is 1.79. The molecular formula is C13H18F2O2. The van der Waals surface area contributed by atoms with Crippen molar-refractivity contribution in [1.29, 1.82) is 0 Å². The van der Waals surface area contributed by atoms with E-state index in [-0.39, 0.29) is 31.1 Å². The van der Waals surface area contributed by atoms with E-state index in [0.29, 0.717) is 0 Å². The first kappa shape index (κ1) is 14.1. The smallest absolute Gasteiger partial charge is 0.126 e. The second-order valence-corrected chi connectivity index (χ2v) is 4.75. The number of hydrogen-bond acceptors (Lipinski definition) is 2. The van der Waals surface area contributed by atoms with Crippen molar-refractivity contribution in [3.63, 3.8) is 0 Å². The van der Waals surface area contributed by atoms with Gasteiger partial charge in [0.1, 0.15) is 11.6 Å². The zero-order valence-electron chi connectivity index (χ0n) is 10.1. The zero-order valence-corrected chi connectivity index (χ0v) is 10.1. The van der Waals surface area contributed by atoms with Crippen LogP contribution in [0.2, 0.25) is 0 Å². The SMILES string of the molecule is CC(C)C(CO)(CO)Cc1cc(F)ccc1F. The third-order valence-corrected chi connectivity index (χ3v) is 3.40. The zero-order chi connectivity index (χ0) is 13.1. The van der Waals surface area contributed by atoms with E-state index in [4.69, 9.17) is 0 Å². The van der Waals surface area contributed by atoms with Crippen LogP contribution < -0.4 is 0 Å².